The smallest absolute Gasteiger partial charge is 0.408 e. The summed E-state index contributed by atoms with van der Waals surface area (Å²) < 4.78 is 6.14. The first-order valence-corrected chi connectivity index (χ1v) is 7.45. The Morgan fingerprint density at radius 2 is 2.10 bits per heavy atom. The molecular weight excluding hydrogens is 334 g/mol. The molecule has 6 heteroatoms. The molecule has 2 rings (SSSR count). The maximum Gasteiger partial charge on any atom is 0.408 e. The molecule has 0 aliphatic heterocycles. The molecule has 2 aromatic rings. The van der Waals surface area contributed by atoms with Crippen LogP contribution in [0.15, 0.2) is 28.9 Å². The van der Waals surface area contributed by atoms with Gasteiger partial charge < -0.3 is 10.1 Å². The van der Waals surface area contributed by atoms with Crippen LogP contribution in [0.1, 0.15) is 39.4 Å². The van der Waals surface area contributed by atoms with Crippen molar-refractivity contribution in [3.05, 3.63) is 34.6 Å². The number of pyridine rings is 2. The van der Waals surface area contributed by atoms with Gasteiger partial charge >= 0.3 is 6.09 Å². The number of halogens is 1. The number of nitrogens with zero attached hydrogens (tertiary/aromatic N) is 2. The molecule has 0 spiro atoms. The topological polar surface area (TPSA) is 64.1 Å². The van der Waals surface area contributed by atoms with Crippen LogP contribution in [0, 0.1) is 0 Å². The Bertz CT molecular complexity index is 668. The maximum atomic E-state index is 11.8. The van der Waals surface area contributed by atoms with Crippen LogP contribution in [0.3, 0.4) is 0 Å². The molecule has 0 radical (unpaired) electrons. The Balaban J connectivity index is 2.14. The van der Waals surface area contributed by atoms with Gasteiger partial charge in [-0.25, -0.2) is 14.8 Å². The first-order chi connectivity index (χ1) is 9.74. The molecule has 5 nitrogen and oxygen atoms in total. The van der Waals surface area contributed by atoms with Gasteiger partial charge in [-0.1, -0.05) is 0 Å². The predicted molar refractivity (Wildman–Crippen MR) is 85.0 cm³/mol. The van der Waals surface area contributed by atoms with Gasteiger partial charge in [0, 0.05) is 16.1 Å². The summed E-state index contributed by atoms with van der Waals surface area (Å²) in [5.74, 6) is 0. The highest BCUT2D eigenvalue weighted by molar-refractivity contribution is 9.10. The molecule has 21 heavy (non-hydrogen) atoms. The molecule has 1 N–H and O–H groups in total. The van der Waals surface area contributed by atoms with E-state index in [1.54, 1.807) is 6.20 Å². The summed E-state index contributed by atoms with van der Waals surface area (Å²) in [6, 6.07) is 5.50. The van der Waals surface area contributed by atoms with Crippen molar-refractivity contribution in [2.75, 3.05) is 0 Å². The average Bonchev–Trinajstić information content (AvgIpc) is 2.35. The first kappa shape index (κ1) is 15.7. The fourth-order valence-corrected chi connectivity index (χ4v) is 2.15. The highest BCUT2D eigenvalue weighted by Crippen LogP contribution is 2.19. The number of rotatable bonds is 2. The Morgan fingerprint density at radius 3 is 2.76 bits per heavy atom. The lowest BCUT2D eigenvalue weighted by Crippen LogP contribution is -2.34. The largest absolute Gasteiger partial charge is 0.444 e. The van der Waals surface area contributed by atoms with Gasteiger partial charge in [0.2, 0.25) is 0 Å². The zero-order chi connectivity index (χ0) is 15.6. The van der Waals surface area contributed by atoms with E-state index in [1.165, 1.54) is 0 Å². The van der Waals surface area contributed by atoms with Crippen molar-refractivity contribution >= 4 is 33.1 Å². The number of carbonyl (C=O) groups excluding carboxylic acids is 1. The zero-order valence-electron chi connectivity index (χ0n) is 12.5. The van der Waals surface area contributed by atoms with Crippen molar-refractivity contribution in [2.45, 2.75) is 39.3 Å². The van der Waals surface area contributed by atoms with Gasteiger partial charge in [0.15, 0.2) is 5.65 Å². The predicted octanol–water partition coefficient (Wildman–Crippen LogP) is 3.98. The van der Waals surface area contributed by atoms with Crippen LogP contribution in [0.2, 0.25) is 0 Å². The number of alkyl carbamates (subject to hydrolysis) is 1. The van der Waals surface area contributed by atoms with Crippen molar-refractivity contribution in [3.8, 4) is 0 Å². The monoisotopic (exact) mass is 351 g/mol. The standard InChI is InChI=1S/C15H18BrN3O2/c1-9(18-14(20)21-15(2,3)4)12-6-5-10-7-11(16)8-17-13(10)19-12/h5-9H,1-4H3,(H,18,20). The van der Waals surface area contributed by atoms with Gasteiger partial charge in [-0.2, -0.15) is 0 Å². The number of hydrogen-bond acceptors (Lipinski definition) is 4. The number of nitrogens with one attached hydrogen (secondary N) is 1. The lowest BCUT2D eigenvalue weighted by atomic mass is 10.2. The van der Waals surface area contributed by atoms with Crippen LogP contribution >= 0.6 is 15.9 Å². The molecule has 0 saturated carbocycles. The van der Waals surface area contributed by atoms with Crippen molar-refractivity contribution in [1.82, 2.24) is 15.3 Å². The van der Waals surface area contributed by atoms with Crippen molar-refractivity contribution in [2.24, 2.45) is 0 Å². The summed E-state index contributed by atoms with van der Waals surface area (Å²) in [5, 5.41) is 3.71. The third kappa shape index (κ3) is 4.39. The van der Waals surface area contributed by atoms with Crippen molar-refractivity contribution in [1.29, 1.82) is 0 Å². The van der Waals surface area contributed by atoms with Gasteiger partial charge in [0.1, 0.15) is 5.60 Å². The molecule has 0 saturated heterocycles. The summed E-state index contributed by atoms with van der Waals surface area (Å²) in [4.78, 5) is 20.5. The summed E-state index contributed by atoms with van der Waals surface area (Å²) in [5.41, 5.74) is 0.866. The van der Waals surface area contributed by atoms with Crippen molar-refractivity contribution < 1.29 is 9.53 Å². The highest BCUT2D eigenvalue weighted by Gasteiger charge is 2.19. The number of aromatic nitrogens is 2. The first-order valence-electron chi connectivity index (χ1n) is 6.66. The van der Waals surface area contributed by atoms with Crippen LogP contribution in [-0.2, 0) is 4.74 Å². The molecule has 0 bridgehead atoms. The van der Waals surface area contributed by atoms with E-state index in [0.29, 0.717) is 5.65 Å². The fourth-order valence-electron chi connectivity index (χ4n) is 1.80. The summed E-state index contributed by atoms with van der Waals surface area (Å²) in [7, 11) is 0. The maximum absolute atomic E-state index is 11.8. The Morgan fingerprint density at radius 1 is 1.38 bits per heavy atom. The second-order valence-electron chi connectivity index (χ2n) is 5.80. The molecule has 0 fully saturated rings. The normalized spacial score (nSPS) is 13.0. The molecule has 1 unspecified atom stereocenters. The summed E-state index contributed by atoms with van der Waals surface area (Å²) in [6.45, 7) is 7.34. The van der Waals surface area contributed by atoms with E-state index in [9.17, 15) is 4.79 Å². The Kier molecular flexibility index (Phi) is 4.46. The van der Waals surface area contributed by atoms with Gasteiger partial charge in [-0.15, -0.1) is 0 Å². The molecule has 1 atom stereocenters. The molecule has 2 aromatic heterocycles. The van der Waals surface area contributed by atoms with Crippen LogP contribution in [0.5, 0.6) is 0 Å². The molecule has 0 aliphatic carbocycles. The quantitative estimate of drug-likeness (QED) is 0.888. The minimum absolute atomic E-state index is 0.255. The van der Waals surface area contributed by atoms with Gasteiger partial charge in [0.25, 0.3) is 0 Å². The lowest BCUT2D eigenvalue weighted by molar-refractivity contribution is 0.0507. The summed E-state index contributed by atoms with van der Waals surface area (Å²) >= 11 is 3.38. The van der Waals surface area contributed by atoms with Gasteiger partial charge in [0.05, 0.1) is 11.7 Å². The van der Waals surface area contributed by atoms with E-state index in [0.717, 1.165) is 15.6 Å². The number of carbonyl (C=O) groups is 1. The number of ether oxygens (including phenoxy) is 1. The Labute approximate surface area is 132 Å². The average molecular weight is 352 g/mol. The van der Waals surface area contributed by atoms with Gasteiger partial charge in [-0.05, 0) is 61.8 Å². The molecule has 2 heterocycles. The van der Waals surface area contributed by atoms with Crippen LogP contribution in [0.25, 0.3) is 11.0 Å². The second kappa shape index (κ2) is 5.97. The number of fused-ring (bicyclic) bond motifs is 1. The van der Waals surface area contributed by atoms with E-state index < -0.39 is 11.7 Å². The SMILES string of the molecule is CC(NC(=O)OC(C)(C)C)c1ccc2cc(Br)cnc2n1. The van der Waals surface area contributed by atoms with Crippen LogP contribution in [-0.4, -0.2) is 21.7 Å². The number of hydrogen-bond donors (Lipinski definition) is 1. The molecular formula is C15H18BrN3O2. The number of amides is 1. The van der Waals surface area contributed by atoms with Crippen molar-refractivity contribution in [3.63, 3.8) is 0 Å². The van der Waals surface area contributed by atoms with Gasteiger partial charge in [-0.3, -0.25) is 0 Å². The summed E-state index contributed by atoms with van der Waals surface area (Å²) in [6.07, 6.45) is 1.24. The molecule has 112 valence electrons. The third-order valence-electron chi connectivity index (χ3n) is 2.71. The molecule has 0 aliphatic rings. The van der Waals surface area contributed by atoms with E-state index in [1.807, 2.05) is 45.9 Å². The second-order valence-corrected chi connectivity index (χ2v) is 6.72. The third-order valence-corrected chi connectivity index (χ3v) is 3.14. The van der Waals surface area contributed by atoms with Crippen LogP contribution < -0.4 is 5.32 Å². The molecule has 1 amide bonds. The van der Waals surface area contributed by atoms with E-state index in [2.05, 4.69) is 31.2 Å². The minimum Gasteiger partial charge on any atom is -0.444 e. The van der Waals surface area contributed by atoms with E-state index >= 15 is 0 Å². The highest BCUT2D eigenvalue weighted by atomic mass is 79.9. The van der Waals surface area contributed by atoms with E-state index in [4.69, 9.17) is 4.74 Å². The minimum atomic E-state index is -0.519. The van der Waals surface area contributed by atoms with Crippen LogP contribution in [0.4, 0.5) is 4.79 Å². The zero-order valence-corrected chi connectivity index (χ0v) is 14.1. The van der Waals surface area contributed by atoms with E-state index in [-0.39, 0.29) is 6.04 Å². The Hall–Kier alpha value is -1.69. The molecule has 0 aromatic carbocycles. The fraction of sp³-hybridized carbons (Fsp3) is 0.400. The lowest BCUT2D eigenvalue weighted by Gasteiger charge is -2.21.